The van der Waals surface area contributed by atoms with Crippen LogP contribution in [0, 0.1) is 5.82 Å². The largest absolute Gasteiger partial charge is 0.459 e. The van der Waals surface area contributed by atoms with Crippen LogP contribution in [-0.4, -0.2) is 20.5 Å². The smallest absolute Gasteiger partial charge is 0.339 e. The predicted molar refractivity (Wildman–Crippen MR) is 74.2 cm³/mol. The molecule has 0 aliphatic heterocycles. The molecular formula is C12H13Cl2FO4S. The van der Waals surface area contributed by atoms with E-state index < -0.39 is 25.7 Å². The lowest BCUT2D eigenvalue weighted by atomic mass is 10.2. The summed E-state index contributed by atoms with van der Waals surface area (Å²) in [6.45, 7) is 3.62. The van der Waals surface area contributed by atoms with Gasteiger partial charge in [0.1, 0.15) is 10.7 Å². The van der Waals surface area contributed by atoms with E-state index in [2.05, 4.69) is 0 Å². The van der Waals surface area contributed by atoms with Crippen molar-refractivity contribution in [2.24, 2.45) is 0 Å². The summed E-state index contributed by atoms with van der Waals surface area (Å²) in [6.07, 6.45) is 1.10. The van der Waals surface area contributed by atoms with Crippen LogP contribution in [-0.2, 0) is 13.8 Å². The zero-order chi connectivity index (χ0) is 15.5. The van der Waals surface area contributed by atoms with Gasteiger partial charge < -0.3 is 4.74 Å². The van der Waals surface area contributed by atoms with E-state index in [1.165, 1.54) is 0 Å². The monoisotopic (exact) mass is 342 g/mol. The molecule has 0 heterocycles. The first kappa shape index (κ1) is 17.2. The highest BCUT2D eigenvalue weighted by Crippen LogP contribution is 2.27. The Morgan fingerprint density at radius 1 is 1.45 bits per heavy atom. The summed E-state index contributed by atoms with van der Waals surface area (Å²) in [6, 6.07) is 1.50. The highest BCUT2D eigenvalue weighted by Gasteiger charge is 2.23. The quantitative estimate of drug-likeness (QED) is 0.603. The van der Waals surface area contributed by atoms with Gasteiger partial charge in [0.25, 0.3) is 9.05 Å². The Bertz CT molecular complexity index is 616. The van der Waals surface area contributed by atoms with Gasteiger partial charge in [-0.3, -0.25) is 0 Å². The SMILES string of the molecule is CCCC(C)OC(=O)c1cc(S(=O)(=O)Cl)c(F)cc1Cl. The van der Waals surface area contributed by atoms with Gasteiger partial charge in [0.05, 0.1) is 16.7 Å². The van der Waals surface area contributed by atoms with Gasteiger partial charge in [0.15, 0.2) is 0 Å². The Morgan fingerprint density at radius 2 is 2.05 bits per heavy atom. The van der Waals surface area contributed by atoms with Crippen molar-refractivity contribution in [3.05, 3.63) is 28.5 Å². The van der Waals surface area contributed by atoms with Crippen molar-refractivity contribution in [3.63, 3.8) is 0 Å². The molecule has 1 aromatic carbocycles. The van der Waals surface area contributed by atoms with Gasteiger partial charge in [0, 0.05) is 10.7 Å². The van der Waals surface area contributed by atoms with Gasteiger partial charge in [-0.05, 0) is 25.5 Å². The van der Waals surface area contributed by atoms with Crippen LogP contribution in [0.2, 0.25) is 5.02 Å². The highest BCUT2D eigenvalue weighted by atomic mass is 35.7. The van der Waals surface area contributed by atoms with Crippen molar-refractivity contribution in [1.82, 2.24) is 0 Å². The Hall–Kier alpha value is -0.850. The van der Waals surface area contributed by atoms with Crippen LogP contribution < -0.4 is 0 Å². The predicted octanol–water partition coefficient (Wildman–Crippen LogP) is 3.75. The summed E-state index contributed by atoms with van der Waals surface area (Å²) in [5.41, 5.74) is -0.241. The van der Waals surface area contributed by atoms with Crippen LogP contribution in [0.15, 0.2) is 17.0 Å². The zero-order valence-corrected chi connectivity index (χ0v) is 13.1. The number of carbonyl (C=O) groups excluding carboxylic acids is 1. The minimum Gasteiger partial charge on any atom is -0.459 e. The molecule has 0 aliphatic carbocycles. The molecule has 1 atom stereocenters. The number of rotatable bonds is 5. The molecule has 0 aromatic heterocycles. The molecule has 112 valence electrons. The third-order valence-corrected chi connectivity index (χ3v) is 4.16. The molecule has 0 saturated heterocycles. The number of esters is 1. The fourth-order valence-electron chi connectivity index (χ4n) is 1.58. The molecule has 0 N–H and O–H groups in total. The number of hydrogen-bond donors (Lipinski definition) is 0. The number of benzene rings is 1. The van der Waals surface area contributed by atoms with Crippen LogP contribution in [0.5, 0.6) is 0 Å². The number of ether oxygens (including phenoxy) is 1. The second kappa shape index (κ2) is 6.74. The molecule has 0 fully saturated rings. The number of carbonyl (C=O) groups is 1. The van der Waals surface area contributed by atoms with Gasteiger partial charge >= 0.3 is 5.97 Å². The van der Waals surface area contributed by atoms with Crippen molar-refractivity contribution in [2.75, 3.05) is 0 Å². The van der Waals surface area contributed by atoms with E-state index in [0.29, 0.717) is 6.42 Å². The van der Waals surface area contributed by atoms with E-state index in [9.17, 15) is 17.6 Å². The summed E-state index contributed by atoms with van der Waals surface area (Å²) in [4.78, 5) is 11.1. The lowest BCUT2D eigenvalue weighted by molar-refractivity contribution is 0.0323. The number of hydrogen-bond acceptors (Lipinski definition) is 4. The molecule has 4 nitrogen and oxygen atoms in total. The molecule has 1 aromatic rings. The molecule has 0 spiro atoms. The zero-order valence-electron chi connectivity index (χ0n) is 10.8. The van der Waals surface area contributed by atoms with Crippen LogP contribution in [0.3, 0.4) is 0 Å². The molecule has 1 unspecified atom stereocenters. The van der Waals surface area contributed by atoms with E-state index >= 15 is 0 Å². The lowest BCUT2D eigenvalue weighted by Gasteiger charge is -2.13. The van der Waals surface area contributed by atoms with Gasteiger partial charge in [-0.15, -0.1) is 0 Å². The highest BCUT2D eigenvalue weighted by molar-refractivity contribution is 8.13. The van der Waals surface area contributed by atoms with E-state index in [1.807, 2.05) is 6.92 Å². The first-order chi connectivity index (χ1) is 9.16. The Labute approximate surface area is 126 Å². The summed E-state index contributed by atoms with van der Waals surface area (Å²) in [7, 11) is 0.771. The standard InChI is InChI=1S/C12H13Cl2FO4S/c1-3-4-7(2)19-12(16)8-5-11(20(14,17)18)10(15)6-9(8)13/h5-7H,3-4H2,1-2H3. The molecule has 0 amide bonds. The van der Waals surface area contributed by atoms with E-state index in [-0.39, 0.29) is 16.7 Å². The second-order valence-corrected chi connectivity index (χ2v) is 7.15. The minimum atomic E-state index is -4.31. The second-order valence-electron chi connectivity index (χ2n) is 4.20. The minimum absolute atomic E-state index is 0.236. The van der Waals surface area contributed by atoms with Crippen molar-refractivity contribution < 1.29 is 22.3 Å². The fraction of sp³-hybridized carbons (Fsp3) is 0.417. The van der Waals surface area contributed by atoms with Crippen LogP contribution in [0.4, 0.5) is 4.39 Å². The van der Waals surface area contributed by atoms with Gasteiger partial charge in [-0.2, -0.15) is 0 Å². The third-order valence-electron chi connectivity index (χ3n) is 2.51. The fourth-order valence-corrected chi connectivity index (χ4v) is 2.72. The Morgan fingerprint density at radius 3 is 2.55 bits per heavy atom. The van der Waals surface area contributed by atoms with Gasteiger partial charge in [0.2, 0.25) is 0 Å². The Kier molecular flexibility index (Phi) is 5.79. The maximum atomic E-state index is 13.5. The van der Waals surface area contributed by atoms with Crippen molar-refractivity contribution in [1.29, 1.82) is 0 Å². The lowest BCUT2D eigenvalue weighted by Crippen LogP contribution is -2.15. The van der Waals surface area contributed by atoms with Crippen molar-refractivity contribution in [2.45, 2.75) is 37.7 Å². The molecular weight excluding hydrogens is 330 g/mol. The summed E-state index contributed by atoms with van der Waals surface area (Å²) in [5.74, 6) is -1.94. The summed E-state index contributed by atoms with van der Waals surface area (Å²) >= 11 is 5.73. The van der Waals surface area contributed by atoms with Crippen molar-refractivity contribution >= 4 is 37.3 Å². The van der Waals surface area contributed by atoms with Crippen LogP contribution >= 0.6 is 22.3 Å². The molecule has 0 saturated carbocycles. The molecule has 20 heavy (non-hydrogen) atoms. The molecule has 0 aliphatic rings. The topological polar surface area (TPSA) is 60.4 Å². The first-order valence-electron chi connectivity index (χ1n) is 5.81. The maximum Gasteiger partial charge on any atom is 0.339 e. The molecule has 1 rings (SSSR count). The van der Waals surface area contributed by atoms with Crippen LogP contribution in [0.1, 0.15) is 37.0 Å². The molecule has 0 bridgehead atoms. The summed E-state index contributed by atoms with van der Waals surface area (Å²) < 4.78 is 40.9. The maximum absolute atomic E-state index is 13.5. The molecule has 0 radical (unpaired) electrons. The number of halogens is 3. The van der Waals surface area contributed by atoms with Crippen LogP contribution in [0.25, 0.3) is 0 Å². The first-order valence-corrected chi connectivity index (χ1v) is 8.50. The molecule has 8 heteroatoms. The van der Waals surface area contributed by atoms with E-state index in [0.717, 1.165) is 18.6 Å². The Balaban J connectivity index is 3.16. The van der Waals surface area contributed by atoms with E-state index in [4.69, 9.17) is 27.0 Å². The van der Waals surface area contributed by atoms with Gasteiger partial charge in [-0.25, -0.2) is 17.6 Å². The average Bonchev–Trinajstić information content (AvgIpc) is 2.26. The summed E-state index contributed by atoms with van der Waals surface area (Å²) in [5, 5.41) is -0.236. The van der Waals surface area contributed by atoms with E-state index in [1.54, 1.807) is 6.92 Å². The van der Waals surface area contributed by atoms with Crippen molar-refractivity contribution in [3.8, 4) is 0 Å². The third kappa shape index (κ3) is 4.33. The normalized spacial score (nSPS) is 13.1. The average molecular weight is 343 g/mol. The van der Waals surface area contributed by atoms with Gasteiger partial charge in [-0.1, -0.05) is 24.9 Å².